The van der Waals surface area contributed by atoms with Crippen LogP contribution < -0.4 is 10.5 Å². The smallest absolute Gasteiger partial charge is 0.124 e. The molecule has 1 aliphatic rings. The van der Waals surface area contributed by atoms with Crippen molar-refractivity contribution in [2.45, 2.75) is 32.4 Å². The highest BCUT2D eigenvalue weighted by Crippen LogP contribution is 2.30. The van der Waals surface area contributed by atoms with Crippen molar-refractivity contribution in [2.75, 3.05) is 13.7 Å². The van der Waals surface area contributed by atoms with Crippen LogP contribution in [-0.2, 0) is 11.3 Å². The largest absolute Gasteiger partial charge is 0.496 e. The van der Waals surface area contributed by atoms with E-state index in [0.29, 0.717) is 6.61 Å². The number of rotatable bonds is 6. The maximum absolute atomic E-state index is 5.88. The highest BCUT2D eigenvalue weighted by molar-refractivity contribution is 5.37. The van der Waals surface area contributed by atoms with E-state index in [9.17, 15) is 0 Å². The first-order valence-electron chi connectivity index (χ1n) is 6.21. The Balaban J connectivity index is 2.02. The van der Waals surface area contributed by atoms with Crippen molar-refractivity contribution in [3.63, 3.8) is 0 Å². The number of nitrogens with two attached hydrogens (primary N) is 1. The van der Waals surface area contributed by atoms with Crippen molar-refractivity contribution in [2.24, 2.45) is 11.7 Å². The third-order valence-electron chi connectivity index (χ3n) is 3.14. The first-order valence-corrected chi connectivity index (χ1v) is 6.21. The van der Waals surface area contributed by atoms with Gasteiger partial charge in [-0.1, -0.05) is 6.07 Å². The highest BCUT2D eigenvalue weighted by Gasteiger charge is 2.21. The lowest BCUT2D eigenvalue weighted by Gasteiger charge is -2.13. The van der Waals surface area contributed by atoms with E-state index in [1.807, 2.05) is 19.1 Å². The number of hydrogen-bond acceptors (Lipinski definition) is 3. The molecule has 0 heterocycles. The standard InChI is InChI=1S/C14H21NO2/c1-10(15)12-5-6-14(16-2)13(7-12)9-17-8-11-3-4-11/h5-7,10-11H,3-4,8-9,15H2,1-2H3. The van der Waals surface area contributed by atoms with Crippen LogP contribution in [0.3, 0.4) is 0 Å². The zero-order chi connectivity index (χ0) is 12.3. The lowest BCUT2D eigenvalue weighted by Crippen LogP contribution is -2.07. The first-order chi connectivity index (χ1) is 8.20. The molecular formula is C14H21NO2. The predicted octanol–water partition coefficient (Wildman–Crippen LogP) is 2.64. The van der Waals surface area contributed by atoms with Gasteiger partial charge in [0.15, 0.2) is 0 Å². The molecule has 1 fully saturated rings. The topological polar surface area (TPSA) is 44.5 Å². The summed E-state index contributed by atoms with van der Waals surface area (Å²) in [5.74, 6) is 1.67. The maximum atomic E-state index is 5.88. The van der Waals surface area contributed by atoms with Crippen molar-refractivity contribution >= 4 is 0 Å². The Hall–Kier alpha value is -1.06. The number of methoxy groups -OCH3 is 1. The molecule has 3 heteroatoms. The van der Waals surface area contributed by atoms with E-state index in [4.69, 9.17) is 15.2 Å². The van der Waals surface area contributed by atoms with Crippen LogP contribution in [0.25, 0.3) is 0 Å². The molecule has 0 spiro atoms. The van der Waals surface area contributed by atoms with Gasteiger partial charge in [-0.05, 0) is 43.4 Å². The van der Waals surface area contributed by atoms with Crippen molar-refractivity contribution in [3.8, 4) is 5.75 Å². The molecule has 1 aliphatic carbocycles. The molecule has 0 bridgehead atoms. The summed E-state index contributed by atoms with van der Waals surface area (Å²) in [6.07, 6.45) is 2.63. The molecule has 0 aromatic heterocycles. The van der Waals surface area contributed by atoms with E-state index < -0.39 is 0 Å². The summed E-state index contributed by atoms with van der Waals surface area (Å²) < 4.78 is 11.0. The Bertz CT molecular complexity index is 372. The van der Waals surface area contributed by atoms with Crippen LogP contribution in [0.5, 0.6) is 5.75 Å². The second-order valence-corrected chi connectivity index (χ2v) is 4.82. The van der Waals surface area contributed by atoms with Gasteiger partial charge in [0.05, 0.1) is 13.7 Å². The molecule has 1 aromatic rings. The monoisotopic (exact) mass is 235 g/mol. The van der Waals surface area contributed by atoms with Crippen LogP contribution in [0.2, 0.25) is 0 Å². The summed E-state index contributed by atoms with van der Waals surface area (Å²) in [7, 11) is 1.69. The Morgan fingerprint density at radius 3 is 2.76 bits per heavy atom. The van der Waals surface area contributed by atoms with E-state index in [1.165, 1.54) is 12.8 Å². The van der Waals surface area contributed by atoms with Gasteiger partial charge in [0.1, 0.15) is 5.75 Å². The van der Waals surface area contributed by atoms with E-state index in [0.717, 1.165) is 29.4 Å². The summed E-state index contributed by atoms with van der Waals surface area (Å²) in [5, 5.41) is 0. The van der Waals surface area contributed by atoms with Crippen LogP contribution in [0, 0.1) is 5.92 Å². The molecule has 1 atom stereocenters. The van der Waals surface area contributed by atoms with Crippen LogP contribution in [0.1, 0.15) is 36.9 Å². The fraction of sp³-hybridized carbons (Fsp3) is 0.571. The first kappa shape index (κ1) is 12.4. The van der Waals surface area contributed by atoms with Gasteiger partial charge >= 0.3 is 0 Å². The summed E-state index contributed by atoms with van der Waals surface area (Å²) in [4.78, 5) is 0. The summed E-state index contributed by atoms with van der Waals surface area (Å²) >= 11 is 0. The van der Waals surface area contributed by atoms with Gasteiger partial charge in [0.2, 0.25) is 0 Å². The third kappa shape index (κ3) is 3.45. The lowest BCUT2D eigenvalue weighted by atomic mass is 10.1. The van der Waals surface area contributed by atoms with Gasteiger partial charge in [0, 0.05) is 18.2 Å². The minimum Gasteiger partial charge on any atom is -0.496 e. The molecule has 1 saturated carbocycles. The maximum Gasteiger partial charge on any atom is 0.124 e. The molecule has 0 saturated heterocycles. The molecule has 3 nitrogen and oxygen atoms in total. The van der Waals surface area contributed by atoms with Crippen molar-refractivity contribution < 1.29 is 9.47 Å². The normalized spacial score (nSPS) is 16.9. The van der Waals surface area contributed by atoms with Crippen molar-refractivity contribution in [1.29, 1.82) is 0 Å². The Labute approximate surface area is 103 Å². The molecule has 0 amide bonds. The zero-order valence-electron chi connectivity index (χ0n) is 10.6. The molecule has 1 aromatic carbocycles. The Kier molecular flexibility index (Phi) is 4.02. The second-order valence-electron chi connectivity index (χ2n) is 4.82. The minimum atomic E-state index is 0.0445. The minimum absolute atomic E-state index is 0.0445. The Morgan fingerprint density at radius 2 is 2.18 bits per heavy atom. The zero-order valence-corrected chi connectivity index (χ0v) is 10.6. The average molecular weight is 235 g/mol. The number of ether oxygens (including phenoxy) is 2. The van der Waals surface area contributed by atoms with Gasteiger partial charge in [-0.25, -0.2) is 0 Å². The highest BCUT2D eigenvalue weighted by atomic mass is 16.5. The average Bonchev–Trinajstić information content (AvgIpc) is 3.13. The van der Waals surface area contributed by atoms with E-state index in [-0.39, 0.29) is 6.04 Å². The van der Waals surface area contributed by atoms with Crippen LogP contribution in [0.4, 0.5) is 0 Å². The summed E-state index contributed by atoms with van der Waals surface area (Å²) in [6, 6.07) is 6.10. The second kappa shape index (κ2) is 5.52. The number of hydrogen-bond donors (Lipinski definition) is 1. The summed E-state index contributed by atoms with van der Waals surface area (Å²) in [6.45, 7) is 3.46. The van der Waals surface area contributed by atoms with Crippen LogP contribution in [-0.4, -0.2) is 13.7 Å². The fourth-order valence-electron chi connectivity index (χ4n) is 1.81. The van der Waals surface area contributed by atoms with E-state index >= 15 is 0 Å². The molecule has 17 heavy (non-hydrogen) atoms. The number of benzene rings is 1. The van der Waals surface area contributed by atoms with Gasteiger partial charge < -0.3 is 15.2 Å². The molecule has 0 radical (unpaired) electrons. The van der Waals surface area contributed by atoms with Crippen LogP contribution >= 0.6 is 0 Å². The third-order valence-corrected chi connectivity index (χ3v) is 3.14. The van der Waals surface area contributed by atoms with E-state index in [1.54, 1.807) is 7.11 Å². The molecule has 94 valence electrons. The van der Waals surface area contributed by atoms with Gasteiger partial charge in [-0.15, -0.1) is 0 Å². The molecule has 2 N–H and O–H groups in total. The van der Waals surface area contributed by atoms with Crippen LogP contribution in [0.15, 0.2) is 18.2 Å². The van der Waals surface area contributed by atoms with Gasteiger partial charge in [0.25, 0.3) is 0 Å². The fourth-order valence-corrected chi connectivity index (χ4v) is 1.81. The van der Waals surface area contributed by atoms with E-state index in [2.05, 4.69) is 6.07 Å². The molecule has 2 rings (SSSR count). The van der Waals surface area contributed by atoms with Gasteiger partial charge in [-0.3, -0.25) is 0 Å². The predicted molar refractivity (Wildman–Crippen MR) is 68.0 cm³/mol. The quantitative estimate of drug-likeness (QED) is 0.824. The Morgan fingerprint density at radius 1 is 1.41 bits per heavy atom. The van der Waals surface area contributed by atoms with Crippen molar-refractivity contribution in [3.05, 3.63) is 29.3 Å². The molecule has 0 aliphatic heterocycles. The summed E-state index contributed by atoms with van der Waals surface area (Å²) in [5.41, 5.74) is 8.09. The van der Waals surface area contributed by atoms with Gasteiger partial charge in [-0.2, -0.15) is 0 Å². The molecule has 1 unspecified atom stereocenters. The lowest BCUT2D eigenvalue weighted by molar-refractivity contribution is 0.109. The molecular weight excluding hydrogens is 214 g/mol. The van der Waals surface area contributed by atoms with Crippen molar-refractivity contribution in [1.82, 2.24) is 0 Å². The SMILES string of the molecule is COc1ccc(C(C)N)cc1COCC1CC1.